The topological polar surface area (TPSA) is 29.5 Å². The molecule has 1 rings (SSSR count). The lowest BCUT2D eigenvalue weighted by atomic mass is 10.0. The third-order valence-electron chi connectivity index (χ3n) is 3.90. The summed E-state index contributed by atoms with van der Waals surface area (Å²) < 4.78 is 6.16. The quantitative estimate of drug-likeness (QED) is 0.555. The van der Waals surface area contributed by atoms with E-state index in [1.165, 1.54) is 25.7 Å². The molecule has 0 radical (unpaired) electrons. The smallest absolute Gasteiger partial charge is 0.0838 e. The van der Waals surface area contributed by atoms with Crippen LogP contribution < -0.4 is 0 Å². The molecule has 1 unspecified atom stereocenters. The van der Waals surface area contributed by atoms with Gasteiger partial charge in [-0.15, -0.1) is 0 Å². The molecule has 108 valence electrons. The second kappa shape index (κ2) is 9.33. The van der Waals surface area contributed by atoms with Crippen LogP contribution in [-0.2, 0) is 4.74 Å². The largest absolute Gasteiger partial charge is 0.390 e. The Morgan fingerprint density at radius 1 is 1.17 bits per heavy atom. The summed E-state index contributed by atoms with van der Waals surface area (Å²) in [6, 6.07) is 0. The molecule has 2 nitrogen and oxygen atoms in total. The highest BCUT2D eigenvalue weighted by Crippen LogP contribution is 2.28. The maximum atomic E-state index is 10.3. The fourth-order valence-electron chi connectivity index (χ4n) is 2.65. The van der Waals surface area contributed by atoms with Gasteiger partial charge in [0.25, 0.3) is 0 Å². The summed E-state index contributed by atoms with van der Waals surface area (Å²) in [5.41, 5.74) is 0. The van der Waals surface area contributed by atoms with E-state index in [2.05, 4.69) is 29.8 Å². The predicted octanol–water partition coefficient (Wildman–Crippen LogP) is 4.43. The van der Waals surface area contributed by atoms with Gasteiger partial charge in [0.1, 0.15) is 0 Å². The Labute approximate surface area is 121 Å². The molecule has 0 spiro atoms. The first-order valence-corrected chi connectivity index (χ1v) is 8.58. The molecular weight excluding hydrogens is 292 g/mol. The van der Waals surface area contributed by atoms with Gasteiger partial charge < -0.3 is 9.84 Å². The van der Waals surface area contributed by atoms with E-state index in [1.54, 1.807) is 0 Å². The lowest BCUT2D eigenvalue weighted by Gasteiger charge is -2.28. The monoisotopic (exact) mass is 320 g/mol. The van der Waals surface area contributed by atoms with Crippen LogP contribution in [0.3, 0.4) is 0 Å². The number of unbranched alkanes of at least 4 members (excludes halogenated alkanes) is 2. The average Bonchev–Trinajstić information content (AvgIpc) is 2.63. The van der Waals surface area contributed by atoms with Crippen molar-refractivity contribution in [1.29, 1.82) is 0 Å². The molecule has 1 N–H and O–H groups in total. The van der Waals surface area contributed by atoms with E-state index in [-0.39, 0.29) is 18.3 Å². The SMILES string of the molecule is CCCCC[C@H](O)[C@@H]1CCCC[C@H](C(Br)CC)O1. The van der Waals surface area contributed by atoms with Crippen molar-refractivity contribution in [3.8, 4) is 0 Å². The van der Waals surface area contributed by atoms with Crippen molar-refractivity contribution < 1.29 is 9.84 Å². The second-order valence-corrected chi connectivity index (χ2v) is 6.66. The summed E-state index contributed by atoms with van der Waals surface area (Å²) in [4.78, 5) is 0.431. The Hall–Kier alpha value is 0.400. The van der Waals surface area contributed by atoms with Crippen LogP contribution in [0.4, 0.5) is 0 Å². The third-order valence-corrected chi connectivity index (χ3v) is 5.14. The van der Waals surface area contributed by atoms with Gasteiger partial charge in [-0.05, 0) is 25.7 Å². The minimum Gasteiger partial charge on any atom is -0.390 e. The first-order valence-electron chi connectivity index (χ1n) is 7.66. The van der Waals surface area contributed by atoms with Crippen molar-refractivity contribution in [2.45, 2.75) is 94.8 Å². The Balaban J connectivity index is 2.42. The molecule has 1 aliphatic rings. The van der Waals surface area contributed by atoms with Crippen LogP contribution in [0.25, 0.3) is 0 Å². The van der Waals surface area contributed by atoms with Crippen LogP contribution in [0.15, 0.2) is 0 Å². The zero-order valence-electron chi connectivity index (χ0n) is 11.9. The van der Waals surface area contributed by atoms with Crippen LogP contribution in [0, 0.1) is 0 Å². The van der Waals surface area contributed by atoms with Crippen molar-refractivity contribution in [3.05, 3.63) is 0 Å². The molecule has 0 aromatic heterocycles. The molecule has 18 heavy (non-hydrogen) atoms. The molecule has 0 bridgehead atoms. The van der Waals surface area contributed by atoms with Crippen molar-refractivity contribution in [2.75, 3.05) is 0 Å². The Bertz CT molecular complexity index is 211. The number of aliphatic hydroxyl groups is 1. The van der Waals surface area contributed by atoms with Gasteiger partial charge in [-0.25, -0.2) is 0 Å². The zero-order chi connectivity index (χ0) is 13.4. The normalized spacial score (nSPS) is 28.7. The van der Waals surface area contributed by atoms with E-state index in [0.29, 0.717) is 4.83 Å². The van der Waals surface area contributed by atoms with Gasteiger partial charge in [-0.3, -0.25) is 0 Å². The summed E-state index contributed by atoms with van der Waals surface area (Å²) >= 11 is 3.71. The molecule has 0 aliphatic carbocycles. The van der Waals surface area contributed by atoms with E-state index in [9.17, 15) is 5.11 Å². The van der Waals surface area contributed by atoms with Gasteiger partial charge in [0.15, 0.2) is 0 Å². The van der Waals surface area contributed by atoms with Crippen LogP contribution >= 0.6 is 15.9 Å². The van der Waals surface area contributed by atoms with Crippen molar-refractivity contribution in [1.82, 2.24) is 0 Å². The number of hydrogen-bond donors (Lipinski definition) is 1. The summed E-state index contributed by atoms with van der Waals surface area (Å²) in [6.07, 6.45) is 10.2. The number of rotatable bonds is 7. The molecule has 3 heteroatoms. The lowest BCUT2D eigenvalue weighted by Crippen LogP contribution is -2.35. The van der Waals surface area contributed by atoms with Crippen LogP contribution in [0.2, 0.25) is 0 Å². The average molecular weight is 321 g/mol. The number of hydrogen-bond acceptors (Lipinski definition) is 2. The van der Waals surface area contributed by atoms with Gasteiger partial charge in [-0.1, -0.05) is 61.9 Å². The molecule has 4 atom stereocenters. The summed E-state index contributed by atoms with van der Waals surface area (Å²) in [5.74, 6) is 0. The second-order valence-electron chi connectivity index (χ2n) is 5.48. The summed E-state index contributed by atoms with van der Waals surface area (Å²) in [7, 11) is 0. The molecule has 1 aliphatic heterocycles. The first kappa shape index (κ1) is 16.5. The number of halogens is 1. The van der Waals surface area contributed by atoms with Gasteiger partial charge in [-0.2, -0.15) is 0 Å². The van der Waals surface area contributed by atoms with E-state index < -0.39 is 0 Å². The number of aliphatic hydroxyl groups excluding tert-OH is 1. The molecule has 1 saturated heterocycles. The lowest BCUT2D eigenvalue weighted by molar-refractivity contribution is -0.0762. The van der Waals surface area contributed by atoms with E-state index >= 15 is 0 Å². The molecular formula is C15H29BrO2. The molecule has 1 heterocycles. The van der Waals surface area contributed by atoms with E-state index in [0.717, 1.165) is 32.1 Å². The standard InChI is InChI=1S/C15H29BrO2/c1-3-5-6-9-13(17)15-11-8-7-10-14(18-15)12(16)4-2/h12-15,17H,3-11H2,1-2H3/t12?,13-,14+,15-/m0/s1. The van der Waals surface area contributed by atoms with E-state index in [1.807, 2.05) is 0 Å². The van der Waals surface area contributed by atoms with Gasteiger partial charge >= 0.3 is 0 Å². The van der Waals surface area contributed by atoms with Crippen LogP contribution in [0.1, 0.15) is 71.6 Å². The molecule has 0 saturated carbocycles. The number of alkyl halides is 1. The van der Waals surface area contributed by atoms with Crippen molar-refractivity contribution >= 4 is 15.9 Å². The maximum absolute atomic E-state index is 10.3. The fourth-order valence-corrected chi connectivity index (χ4v) is 3.04. The Morgan fingerprint density at radius 3 is 2.44 bits per heavy atom. The fraction of sp³-hybridized carbons (Fsp3) is 1.00. The van der Waals surface area contributed by atoms with Crippen LogP contribution in [0.5, 0.6) is 0 Å². The first-order chi connectivity index (χ1) is 8.69. The van der Waals surface area contributed by atoms with Crippen molar-refractivity contribution in [3.63, 3.8) is 0 Å². The minimum atomic E-state index is -0.270. The highest BCUT2D eigenvalue weighted by Gasteiger charge is 2.28. The Morgan fingerprint density at radius 2 is 1.83 bits per heavy atom. The molecule has 0 aromatic carbocycles. The summed E-state index contributed by atoms with van der Waals surface area (Å²) in [6.45, 7) is 4.38. The predicted molar refractivity (Wildman–Crippen MR) is 80.3 cm³/mol. The maximum Gasteiger partial charge on any atom is 0.0838 e. The highest BCUT2D eigenvalue weighted by molar-refractivity contribution is 9.09. The third kappa shape index (κ3) is 5.58. The summed E-state index contributed by atoms with van der Waals surface area (Å²) in [5, 5.41) is 10.3. The number of ether oxygens (including phenoxy) is 1. The molecule has 0 aromatic rings. The van der Waals surface area contributed by atoms with Gasteiger partial charge in [0, 0.05) is 4.83 Å². The Kier molecular flexibility index (Phi) is 8.53. The molecule has 1 fully saturated rings. The van der Waals surface area contributed by atoms with Gasteiger partial charge in [0.2, 0.25) is 0 Å². The van der Waals surface area contributed by atoms with Gasteiger partial charge in [0.05, 0.1) is 18.3 Å². The molecule has 0 amide bonds. The minimum absolute atomic E-state index is 0.0564. The zero-order valence-corrected chi connectivity index (χ0v) is 13.5. The highest BCUT2D eigenvalue weighted by atomic mass is 79.9. The van der Waals surface area contributed by atoms with Crippen LogP contribution in [-0.4, -0.2) is 28.2 Å². The van der Waals surface area contributed by atoms with Crippen molar-refractivity contribution in [2.24, 2.45) is 0 Å². The van der Waals surface area contributed by atoms with E-state index in [4.69, 9.17) is 4.74 Å².